The number of ether oxygens (including phenoxy) is 1. The minimum Gasteiger partial charge on any atom is -0.475 e. The second kappa shape index (κ2) is 6.15. The van der Waals surface area contributed by atoms with Gasteiger partial charge in [0.2, 0.25) is 5.76 Å². The van der Waals surface area contributed by atoms with Gasteiger partial charge in [-0.3, -0.25) is 0 Å². The highest BCUT2D eigenvalue weighted by molar-refractivity contribution is 5.85. The molecule has 1 N–H and O–H groups in total. The van der Waals surface area contributed by atoms with E-state index in [1.807, 2.05) is 30.3 Å². The van der Waals surface area contributed by atoms with Crippen molar-refractivity contribution in [3.8, 4) is 0 Å². The Balaban J connectivity index is 2.08. The molecule has 0 radical (unpaired) electrons. The summed E-state index contributed by atoms with van der Waals surface area (Å²) in [5.74, 6) is -0.830. The summed E-state index contributed by atoms with van der Waals surface area (Å²) in [6.07, 6.45) is 1.32. The van der Waals surface area contributed by atoms with Gasteiger partial charge in [-0.1, -0.05) is 30.3 Å². The number of oxazole rings is 1. The average molecular weight is 261 g/mol. The van der Waals surface area contributed by atoms with Crippen molar-refractivity contribution < 1.29 is 19.1 Å². The first kappa shape index (κ1) is 13.3. The van der Waals surface area contributed by atoms with Crippen LogP contribution < -0.4 is 0 Å². The van der Waals surface area contributed by atoms with E-state index in [-0.39, 0.29) is 12.4 Å². The summed E-state index contributed by atoms with van der Waals surface area (Å²) in [6, 6.07) is 9.90. The third-order valence-electron chi connectivity index (χ3n) is 2.69. The molecule has 0 saturated heterocycles. The molecule has 0 aliphatic carbocycles. The average Bonchev–Trinajstić information content (AvgIpc) is 2.81. The lowest BCUT2D eigenvalue weighted by Gasteiger charge is -1.97. The minimum absolute atomic E-state index is 0.134. The number of methoxy groups -OCH3 is 1. The van der Waals surface area contributed by atoms with Crippen molar-refractivity contribution in [1.82, 2.24) is 4.98 Å². The van der Waals surface area contributed by atoms with Gasteiger partial charge in [-0.2, -0.15) is 0 Å². The zero-order valence-electron chi connectivity index (χ0n) is 10.6. The number of carboxylic acid groups (broad SMARTS) is 1. The highest BCUT2D eigenvalue weighted by Crippen LogP contribution is 2.14. The fraction of sp³-hybridized carbons (Fsp3) is 0.286. The molecule has 19 heavy (non-hydrogen) atoms. The third-order valence-corrected chi connectivity index (χ3v) is 2.69. The van der Waals surface area contributed by atoms with Gasteiger partial charge < -0.3 is 14.3 Å². The molecule has 0 fully saturated rings. The molecule has 0 aliphatic rings. The van der Waals surface area contributed by atoms with Gasteiger partial charge in [0.1, 0.15) is 5.69 Å². The van der Waals surface area contributed by atoms with E-state index in [1.54, 1.807) is 0 Å². The quantitative estimate of drug-likeness (QED) is 0.863. The highest BCUT2D eigenvalue weighted by Gasteiger charge is 2.19. The molecule has 0 aliphatic heterocycles. The lowest BCUT2D eigenvalue weighted by Crippen LogP contribution is -2.00. The van der Waals surface area contributed by atoms with Crippen molar-refractivity contribution in [3.63, 3.8) is 0 Å². The van der Waals surface area contributed by atoms with Crippen LogP contribution in [0.15, 0.2) is 34.7 Å². The summed E-state index contributed by atoms with van der Waals surface area (Å²) in [4.78, 5) is 15.2. The van der Waals surface area contributed by atoms with Gasteiger partial charge >= 0.3 is 5.97 Å². The Morgan fingerprint density at radius 1 is 1.32 bits per heavy atom. The maximum Gasteiger partial charge on any atom is 0.373 e. The maximum absolute atomic E-state index is 11.0. The summed E-state index contributed by atoms with van der Waals surface area (Å²) in [5.41, 5.74) is 1.49. The standard InChI is InChI=1S/C14H15NO4/c1-18-9-11-13(14(16)17)19-12(15-11)8-7-10-5-3-2-4-6-10/h2-6H,7-9H2,1H3,(H,16,17). The summed E-state index contributed by atoms with van der Waals surface area (Å²) in [7, 11) is 1.49. The van der Waals surface area contributed by atoms with E-state index >= 15 is 0 Å². The Hall–Kier alpha value is -2.14. The Morgan fingerprint density at radius 2 is 2.05 bits per heavy atom. The Morgan fingerprint density at radius 3 is 2.68 bits per heavy atom. The first-order valence-electron chi connectivity index (χ1n) is 5.95. The molecule has 2 rings (SSSR count). The number of carboxylic acids is 1. The third kappa shape index (κ3) is 3.42. The summed E-state index contributed by atoms with van der Waals surface area (Å²) in [6.45, 7) is 0.135. The normalized spacial score (nSPS) is 10.6. The van der Waals surface area contributed by atoms with Crippen LogP contribution >= 0.6 is 0 Å². The molecule has 100 valence electrons. The van der Waals surface area contributed by atoms with Crippen LogP contribution in [0, 0.1) is 0 Å². The van der Waals surface area contributed by atoms with E-state index in [1.165, 1.54) is 7.11 Å². The molecule has 0 amide bonds. The number of rotatable bonds is 6. The van der Waals surface area contributed by atoms with Crippen molar-refractivity contribution in [2.75, 3.05) is 7.11 Å². The molecule has 1 aromatic heterocycles. The monoisotopic (exact) mass is 261 g/mol. The Kier molecular flexibility index (Phi) is 4.30. The van der Waals surface area contributed by atoms with E-state index in [2.05, 4.69) is 4.98 Å². The van der Waals surface area contributed by atoms with Gasteiger partial charge in [0, 0.05) is 13.5 Å². The predicted octanol–water partition coefficient (Wildman–Crippen LogP) is 2.30. The van der Waals surface area contributed by atoms with Crippen LogP contribution in [0.5, 0.6) is 0 Å². The molecular formula is C14H15NO4. The molecule has 1 heterocycles. The minimum atomic E-state index is -1.12. The van der Waals surface area contributed by atoms with E-state index in [0.29, 0.717) is 18.0 Å². The fourth-order valence-corrected chi connectivity index (χ4v) is 1.81. The van der Waals surface area contributed by atoms with Crippen LogP contribution in [-0.2, 0) is 24.2 Å². The summed E-state index contributed by atoms with van der Waals surface area (Å²) in [5, 5.41) is 9.00. The second-order valence-electron chi connectivity index (χ2n) is 4.11. The first-order chi connectivity index (χ1) is 9.20. The molecule has 0 saturated carbocycles. The molecular weight excluding hydrogens is 246 g/mol. The van der Waals surface area contributed by atoms with Gasteiger partial charge in [-0.15, -0.1) is 0 Å². The van der Waals surface area contributed by atoms with Gasteiger partial charge in [0.25, 0.3) is 0 Å². The van der Waals surface area contributed by atoms with E-state index in [0.717, 1.165) is 12.0 Å². The molecule has 0 atom stereocenters. The number of hydrogen-bond acceptors (Lipinski definition) is 4. The number of nitrogens with zero attached hydrogens (tertiary/aromatic N) is 1. The Bertz CT molecular complexity index is 548. The number of carbonyl (C=O) groups is 1. The lowest BCUT2D eigenvalue weighted by atomic mass is 10.1. The van der Waals surface area contributed by atoms with Gasteiger partial charge in [-0.25, -0.2) is 9.78 Å². The zero-order chi connectivity index (χ0) is 13.7. The van der Waals surface area contributed by atoms with Gasteiger partial charge in [0.15, 0.2) is 5.89 Å². The molecule has 1 aromatic carbocycles. The fourth-order valence-electron chi connectivity index (χ4n) is 1.81. The number of hydrogen-bond donors (Lipinski definition) is 1. The van der Waals surface area contributed by atoms with Crippen LogP contribution in [0.25, 0.3) is 0 Å². The van der Waals surface area contributed by atoms with Crippen molar-refractivity contribution >= 4 is 5.97 Å². The van der Waals surface area contributed by atoms with Crippen LogP contribution in [0.1, 0.15) is 27.7 Å². The molecule has 2 aromatic rings. The van der Waals surface area contributed by atoms with Crippen molar-refractivity contribution in [2.45, 2.75) is 19.4 Å². The molecule has 0 unspecified atom stereocenters. The highest BCUT2D eigenvalue weighted by atomic mass is 16.5. The maximum atomic E-state index is 11.0. The summed E-state index contributed by atoms with van der Waals surface area (Å²) >= 11 is 0. The number of aromatic nitrogens is 1. The largest absolute Gasteiger partial charge is 0.475 e. The van der Waals surface area contributed by atoms with Crippen LogP contribution in [-0.4, -0.2) is 23.2 Å². The van der Waals surface area contributed by atoms with Crippen LogP contribution in [0.4, 0.5) is 0 Å². The SMILES string of the molecule is COCc1nc(CCc2ccccc2)oc1C(=O)O. The Labute approximate surface area is 110 Å². The molecule has 5 nitrogen and oxygen atoms in total. The topological polar surface area (TPSA) is 72.6 Å². The van der Waals surface area contributed by atoms with E-state index in [4.69, 9.17) is 14.3 Å². The zero-order valence-corrected chi connectivity index (χ0v) is 10.6. The van der Waals surface area contributed by atoms with Gasteiger partial charge in [0.05, 0.1) is 6.61 Å². The van der Waals surface area contributed by atoms with Crippen LogP contribution in [0.3, 0.4) is 0 Å². The number of aryl methyl sites for hydroxylation is 2. The predicted molar refractivity (Wildman–Crippen MR) is 68.0 cm³/mol. The van der Waals surface area contributed by atoms with Crippen molar-refractivity contribution in [3.05, 3.63) is 53.2 Å². The molecule has 0 bridgehead atoms. The van der Waals surface area contributed by atoms with Crippen molar-refractivity contribution in [1.29, 1.82) is 0 Å². The second-order valence-corrected chi connectivity index (χ2v) is 4.11. The van der Waals surface area contributed by atoms with E-state index < -0.39 is 5.97 Å². The summed E-state index contributed by atoms with van der Waals surface area (Å²) < 4.78 is 10.2. The smallest absolute Gasteiger partial charge is 0.373 e. The number of aromatic carboxylic acids is 1. The van der Waals surface area contributed by atoms with Crippen molar-refractivity contribution in [2.24, 2.45) is 0 Å². The molecule has 5 heteroatoms. The number of benzene rings is 1. The van der Waals surface area contributed by atoms with E-state index in [9.17, 15) is 4.79 Å². The molecule has 0 spiro atoms. The lowest BCUT2D eigenvalue weighted by molar-refractivity contribution is 0.0653. The van der Waals surface area contributed by atoms with Gasteiger partial charge in [-0.05, 0) is 12.0 Å². The van der Waals surface area contributed by atoms with Crippen LogP contribution in [0.2, 0.25) is 0 Å². The first-order valence-corrected chi connectivity index (χ1v) is 5.95.